The molecule has 0 aromatic carbocycles. The van der Waals surface area contributed by atoms with Crippen LogP contribution < -0.4 is 5.73 Å². The third-order valence-electron chi connectivity index (χ3n) is 2.72. The second-order valence-corrected chi connectivity index (χ2v) is 3.97. The van der Waals surface area contributed by atoms with Crippen molar-refractivity contribution in [1.29, 1.82) is 0 Å². The Morgan fingerprint density at radius 1 is 1.50 bits per heavy atom. The van der Waals surface area contributed by atoms with Crippen LogP contribution in [0.5, 0.6) is 0 Å². The summed E-state index contributed by atoms with van der Waals surface area (Å²) in [5, 5.41) is 0. The van der Waals surface area contributed by atoms with E-state index in [1.54, 1.807) is 11.9 Å². The number of rotatable bonds is 3. The van der Waals surface area contributed by atoms with Crippen molar-refractivity contribution in [3.05, 3.63) is 0 Å². The molecule has 3 nitrogen and oxygen atoms in total. The molecule has 82 valence electrons. The van der Waals surface area contributed by atoms with Gasteiger partial charge in [0.25, 0.3) is 0 Å². The number of likely N-dealkylation sites (N-methyl/N-ethyl adjacent to an activating group) is 1. The Morgan fingerprint density at radius 3 is 2.43 bits per heavy atom. The van der Waals surface area contributed by atoms with Crippen LogP contribution in [0.15, 0.2) is 0 Å². The number of nitrogens with zero attached hydrogens (tertiary/aromatic N) is 1. The van der Waals surface area contributed by atoms with E-state index in [0.717, 1.165) is 0 Å². The standard InChI is InChI=1S/C9H16F2N2O/c1-13(6-8(12)14)7-2-4-9(10,11)5-3-7/h7H,2-6H2,1H3,(H2,12,14). The summed E-state index contributed by atoms with van der Waals surface area (Å²) in [5.41, 5.74) is 5.02. The fourth-order valence-corrected chi connectivity index (χ4v) is 1.84. The maximum atomic E-state index is 12.8. The molecule has 0 atom stereocenters. The van der Waals surface area contributed by atoms with Gasteiger partial charge in [-0.3, -0.25) is 9.69 Å². The van der Waals surface area contributed by atoms with E-state index in [0.29, 0.717) is 12.8 Å². The second-order valence-electron chi connectivity index (χ2n) is 3.97. The summed E-state index contributed by atoms with van der Waals surface area (Å²) in [6, 6.07) is 0.0714. The first-order chi connectivity index (χ1) is 6.41. The van der Waals surface area contributed by atoms with Gasteiger partial charge in [0, 0.05) is 18.9 Å². The number of carbonyl (C=O) groups excluding carboxylic acids is 1. The Morgan fingerprint density at radius 2 is 2.00 bits per heavy atom. The number of nitrogens with two attached hydrogens (primary N) is 1. The molecule has 0 aromatic rings. The monoisotopic (exact) mass is 206 g/mol. The van der Waals surface area contributed by atoms with Gasteiger partial charge in [0.1, 0.15) is 0 Å². The summed E-state index contributed by atoms with van der Waals surface area (Å²) in [6.07, 6.45) is 0.717. The van der Waals surface area contributed by atoms with Crippen LogP contribution in [0, 0.1) is 0 Å². The number of primary amides is 1. The quantitative estimate of drug-likeness (QED) is 0.748. The molecule has 1 rings (SSSR count). The Labute approximate surface area is 82.2 Å². The molecular formula is C9H16F2N2O. The van der Waals surface area contributed by atoms with Gasteiger partial charge < -0.3 is 5.73 Å². The van der Waals surface area contributed by atoms with Crippen molar-refractivity contribution in [2.24, 2.45) is 5.73 Å². The summed E-state index contributed by atoms with van der Waals surface area (Å²) < 4.78 is 25.6. The molecule has 1 fully saturated rings. The van der Waals surface area contributed by atoms with Gasteiger partial charge >= 0.3 is 0 Å². The van der Waals surface area contributed by atoms with Crippen molar-refractivity contribution in [2.75, 3.05) is 13.6 Å². The van der Waals surface area contributed by atoms with Crippen molar-refractivity contribution in [3.63, 3.8) is 0 Å². The Balaban J connectivity index is 2.37. The van der Waals surface area contributed by atoms with E-state index < -0.39 is 11.8 Å². The van der Waals surface area contributed by atoms with Crippen LogP contribution in [-0.4, -0.2) is 36.4 Å². The Hall–Kier alpha value is -0.710. The minimum atomic E-state index is -2.51. The van der Waals surface area contributed by atoms with Gasteiger partial charge in [0.2, 0.25) is 11.8 Å². The predicted octanol–water partition coefficient (Wildman–Crippen LogP) is 0.981. The molecule has 0 radical (unpaired) electrons. The van der Waals surface area contributed by atoms with Gasteiger partial charge in [-0.05, 0) is 19.9 Å². The van der Waals surface area contributed by atoms with Crippen LogP contribution in [0.4, 0.5) is 8.78 Å². The smallest absolute Gasteiger partial charge is 0.248 e. The summed E-state index contributed by atoms with van der Waals surface area (Å²) >= 11 is 0. The van der Waals surface area contributed by atoms with Crippen LogP contribution in [0.25, 0.3) is 0 Å². The number of alkyl halides is 2. The van der Waals surface area contributed by atoms with Gasteiger partial charge in [0.05, 0.1) is 6.54 Å². The second kappa shape index (κ2) is 4.21. The van der Waals surface area contributed by atoms with Crippen molar-refractivity contribution >= 4 is 5.91 Å². The van der Waals surface area contributed by atoms with Crippen molar-refractivity contribution in [2.45, 2.75) is 37.6 Å². The van der Waals surface area contributed by atoms with Crippen LogP contribution in [0.3, 0.4) is 0 Å². The van der Waals surface area contributed by atoms with Crippen molar-refractivity contribution in [3.8, 4) is 0 Å². The Bertz CT molecular complexity index is 211. The highest BCUT2D eigenvalue weighted by Crippen LogP contribution is 2.34. The van der Waals surface area contributed by atoms with Crippen LogP contribution in [0.2, 0.25) is 0 Å². The topological polar surface area (TPSA) is 46.3 Å². The molecular weight excluding hydrogens is 190 g/mol. The average Bonchev–Trinajstić information content (AvgIpc) is 2.02. The molecule has 0 unspecified atom stereocenters. The molecule has 1 saturated carbocycles. The normalized spacial score (nSPS) is 22.6. The summed E-state index contributed by atoms with van der Waals surface area (Å²) in [6.45, 7) is 0.149. The van der Waals surface area contributed by atoms with Gasteiger partial charge in [-0.1, -0.05) is 0 Å². The maximum Gasteiger partial charge on any atom is 0.248 e. The summed E-state index contributed by atoms with van der Waals surface area (Å²) in [7, 11) is 1.75. The zero-order valence-electron chi connectivity index (χ0n) is 8.30. The van der Waals surface area contributed by atoms with Gasteiger partial charge in [-0.25, -0.2) is 8.78 Å². The van der Waals surface area contributed by atoms with E-state index in [9.17, 15) is 13.6 Å². The summed E-state index contributed by atoms with van der Waals surface area (Å²) in [5.74, 6) is -2.92. The number of hydrogen-bond acceptors (Lipinski definition) is 2. The lowest BCUT2D eigenvalue weighted by Crippen LogP contribution is -2.42. The first kappa shape index (κ1) is 11.4. The fourth-order valence-electron chi connectivity index (χ4n) is 1.84. The fraction of sp³-hybridized carbons (Fsp3) is 0.889. The lowest BCUT2D eigenvalue weighted by Gasteiger charge is -2.33. The molecule has 2 N–H and O–H groups in total. The minimum absolute atomic E-state index is 0.0714. The lowest BCUT2D eigenvalue weighted by molar-refractivity contribution is -0.119. The molecule has 1 amide bonds. The van der Waals surface area contributed by atoms with E-state index >= 15 is 0 Å². The number of carbonyl (C=O) groups is 1. The average molecular weight is 206 g/mol. The first-order valence-corrected chi connectivity index (χ1v) is 4.77. The largest absolute Gasteiger partial charge is 0.369 e. The van der Waals surface area contributed by atoms with Gasteiger partial charge in [0.15, 0.2) is 0 Å². The van der Waals surface area contributed by atoms with Crippen LogP contribution >= 0.6 is 0 Å². The minimum Gasteiger partial charge on any atom is -0.369 e. The molecule has 1 aliphatic rings. The number of amides is 1. The SMILES string of the molecule is CN(CC(N)=O)C1CCC(F)(F)CC1. The maximum absolute atomic E-state index is 12.8. The molecule has 0 aromatic heterocycles. The lowest BCUT2D eigenvalue weighted by atomic mass is 9.91. The van der Waals surface area contributed by atoms with Gasteiger partial charge in [-0.15, -0.1) is 0 Å². The number of hydrogen-bond donors (Lipinski definition) is 1. The van der Waals surface area contributed by atoms with Crippen LogP contribution in [0.1, 0.15) is 25.7 Å². The highest BCUT2D eigenvalue weighted by molar-refractivity contribution is 5.75. The van der Waals surface area contributed by atoms with E-state index in [-0.39, 0.29) is 25.4 Å². The molecule has 0 aliphatic heterocycles. The van der Waals surface area contributed by atoms with Crippen LogP contribution in [-0.2, 0) is 4.79 Å². The predicted molar refractivity (Wildman–Crippen MR) is 49.0 cm³/mol. The number of halogens is 2. The molecule has 0 bridgehead atoms. The van der Waals surface area contributed by atoms with Gasteiger partial charge in [-0.2, -0.15) is 0 Å². The molecule has 0 heterocycles. The Kier molecular flexibility index (Phi) is 3.42. The molecule has 0 spiro atoms. The van der Waals surface area contributed by atoms with E-state index in [1.807, 2.05) is 0 Å². The van der Waals surface area contributed by atoms with E-state index in [2.05, 4.69) is 0 Å². The molecule has 14 heavy (non-hydrogen) atoms. The van der Waals surface area contributed by atoms with E-state index in [4.69, 9.17) is 5.73 Å². The zero-order chi connectivity index (χ0) is 10.8. The van der Waals surface area contributed by atoms with Crippen molar-refractivity contribution in [1.82, 2.24) is 4.90 Å². The molecule has 0 saturated heterocycles. The van der Waals surface area contributed by atoms with Crippen molar-refractivity contribution < 1.29 is 13.6 Å². The highest BCUT2D eigenvalue weighted by atomic mass is 19.3. The highest BCUT2D eigenvalue weighted by Gasteiger charge is 2.36. The summed E-state index contributed by atoms with van der Waals surface area (Å²) in [4.78, 5) is 12.4. The first-order valence-electron chi connectivity index (χ1n) is 4.77. The third kappa shape index (κ3) is 3.21. The third-order valence-corrected chi connectivity index (χ3v) is 2.72. The molecule has 1 aliphatic carbocycles. The van der Waals surface area contributed by atoms with E-state index in [1.165, 1.54) is 0 Å². The molecule has 5 heteroatoms. The zero-order valence-corrected chi connectivity index (χ0v) is 8.30.